The number of nitrogens with zero attached hydrogens (tertiary/aromatic N) is 3. The van der Waals surface area contributed by atoms with Crippen LogP contribution in [-0.4, -0.2) is 65.3 Å². The summed E-state index contributed by atoms with van der Waals surface area (Å²) in [5.74, 6) is 1.12. The molecule has 1 atom stereocenters. The Morgan fingerprint density at radius 3 is 2.61 bits per heavy atom. The Balaban J connectivity index is 1.57. The fourth-order valence-corrected chi connectivity index (χ4v) is 4.14. The van der Waals surface area contributed by atoms with Crippen molar-refractivity contribution in [1.29, 1.82) is 0 Å². The molecule has 1 aliphatic heterocycles. The van der Waals surface area contributed by atoms with Gasteiger partial charge in [0.2, 0.25) is 5.91 Å². The summed E-state index contributed by atoms with van der Waals surface area (Å²) < 4.78 is 5.45. The van der Waals surface area contributed by atoms with E-state index in [1.54, 1.807) is 34.4 Å². The molecule has 1 unspecified atom stereocenters. The molecule has 28 heavy (non-hydrogen) atoms. The van der Waals surface area contributed by atoms with Gasteiger partial charge in [-0.15, -0.1) is 17.9 Å². The molecule has 1 aliphatic rings. The van der Waals surface area contributed by atoms with Crippen LogP contribution in [0.5, 0.6) is 0 Å². The Hall–Kier alpha value is -2.38. The first-order chi connectivity index (χ1) is 13.5. The number of carbonyl (C=O) groups excluding carboxylic acids is 2. The van der Waals surface area contributed by atoms with Gasteiger partial charge in [0.1, 0.15) is 5.76 Å². The molecule has 0 spiro atoms. The van der Waals surface area contributed by atoms with Crippen molar-refractivity contribution < 1.29 is 14.0 Å². The largest absolute Gasteiger partial charge is 0.456 e. The van der Waals surface area contributed by atoms with Gasteiger partial charge in [-0.1, -0.05) is 12.1 Å². The van der Waals surface area contributed by atoms with Crippen LogP contribution < -0.4 is 0 Å². The zero-order valence-electron chi connectivity index (χ0n) is 16.5. The first-order valence-corrected chi connectivity index (χ1v) is 10.4. The Morgan fingerprint density at radius 2 is 2.04 bits per heavy atom. The van der Waals surface area contributed by atoms with Gasteiger partial charge in [0.15, 0.2) is 5.76 Å². The summed E-state index contributed by atoms with van der Waals surface area (Å²) in [5.41, 5.74) is 0. The lowest BCUT2D eigenvalue weighted by Crippen LogP contribution is -2.55. The molecular formula is C21H27N3O3S. The third kappa shape index (κ3) is 4.72. The summed E-state index contributed by atoms with van der Waals surface area (Å²) in [6, 6.07) is 7.32. The molecule has 0 bridgehead atoms. The molecule has 2 amide bonds. The molecule has 2 aromatic rings. The summed E-state index contributed by atoms with van der Waals surface area (Å²) >= 11 is 1.65. The molecule has 0 aliphatic carbocycles. The maximum Gasteiger partial charge on any atom is 0.289 e. The molecule has 3 rings (SSSR count). The summed E-state index contributed by atoms with van der Waals surface area (Å²) in [6.07, 6.45) is 1.76. The van der Waals surface area contributed by atoms with E-state index in [1.807, 2.05) is 36.3 Å². The van der Waals surface area contributed by atoms with E-state index in [9.17, 15) is 9.59 Å². The van der Waals surface area contributed by atoms with Crippen molar-refractivity contribution >= 4 is 23.2 Å². The quantitative estimate of drug-likeness (QED) is 0.669. The molecule has 1 saturated heterocycles. The van der Waals surface area contributed by atoms with Crippen molar-refractivity contribution in [2.24, 2.45) is 0 Å². The van der Waals surface area contributed by atoms with Crippen molar-refractivity contribution in [1.82, 2.24) is 14.7 Å². The van der Waals surface area contributed by atoms with Crippen LogP contribution in [0.2, 0.25) is 0 Å². The van der Waals surface area contributed by atoms with Gasteiger partial charge in [-0.05, 0) is 37.4 Å². The van der Waals surface area contributed by atoms with Crippen LogP contribution in [-0.2, 0) is 11.3 Å². The minimum Gasteiger partial charge on any atom is -0.456 e. The van der Waals surface area contributed by atoms with E-state index < -0.39 is 0 Å². The molecule has 0 radical (unpaired) electrons. The molecule has 3 heterocycles. The summed E-state index contributed by atoms with van der Waals surface area (Å²) in [7, 11) is 0. The third-order valence-corrected chi connectivity index (χ3v) is 5.91. The van der Waals surface area contributed by atoms with Crippen molar-refractivity contribution in [3.63, 3.8) is 0 Å². The maximum atomic E-state index is 13.0. The molecule has 0 saturated carbocycles. The first kappa shape index (κ1) is 20.4. The zero-order valence-corrected chi connectivity index (χ0v) is 17.3. The van der Waals surface area contributed by atoms with Gasteiger partial charge >= 0.3 is 0 Å². The number of furan rings is 1. The minimum absolute atomic E-state index is 0.0855. The van der Waals surface area contributed by atoms with E-state index in [2.05, 4.69) is 11.5 Å². The van der Waals surface area contributed by atoms with Gasteiger partial charge in [-0.25, -0.2) is 0 Å². The highest BCUT2D eigenvalue weighted by molar-refractivity contribution is 7.09. The summed E-state index contributed by atoms with van der Waals surface area (Å²) in [4.78, 5) is 32.5. The van der Waals surface area contributed by atoms with E-state index in [-0.39, 0.29) is 17.9 Å². The Bertz CT molecular complexity index is 807. The Labute approximate surface area is 170 Å². The van der Waals surface area contributed by atoms with Crippen LogP contribution >= 0.6 is 11.3 Å². The lowest BCUT2D eigenvalue weighted by atomic mass is 10.2. The fourth-order valence-electron chi connectivity index (χ4n) is 3.42. The standard InChI is InChI=1S/C21H27N3O3S/c1-4-9-24(15-18-6-5-14-28-18)20(25)17(3)22-10-12-23(13-11-22)21(26)19-8-7-16(2)27-19/h4-8,14,17H,1,9-13,15H2,2-3H3. The summed E-state index contributed by atoms with van der Waals surface area (Å²) in [5, 5.41) is 2.02. The van der Waals surface area contributed by atoms with Crippen LogP contribution in [0, 0.1) is 6.92 Å². The van der Waals surface area contributed by atoms with Crippen molar-refractivity contribution in [2.45, 2.75) is 26.4 Å². The van der Waals surface area contributed by atoms with Gasteiger partial charge in [0, 0.05) is 37.6 Å². The van der Waals surface area contributed by atoms with Gasteiger partial charge < -0.3 is 14.2 Å². The predicted octanol–water partition coefficient (Wildman–Crippen LogP) is 3.01. The normalized spacial score (nSPS) is 16.0. The second-order valence-electron chi connectivity index (χ2n) is 7.00. The Kier molecular flexibility index (Phi) is 6.70. The molecular weight excluding hydrogens is 374 g/mol. The van der Waals surface area contributed by atoms with Crippen LogP contribution in [0.3, 0.4) is 0 Å². The molecule has 2 aromatic heterocycles. The van der Waals surface area contributed by atoms with E-state index in [1.165, 1.54) is 0 Å². The van der Waals surface area contributed by atoms with Gasteiger partial charge in [0.05, 0.1) is 12.6 Å². The van der Waals surface area contributed by atoms with E-state index in [4.69, 9.17) is 4.42 Å². The zero-order chi connectivity index (χ0) is 20.1. The predicted molar refractivity (Wildman–Crippen MR) is 110 cm³/mol. The smallest absolute Gasteiger partial charge is 0.289 e. The number of carbonyl (C=O) groups is 2. The Morgan fingerprint density at radius 1 is 1.29 bits per heavy atom. The van der Waals surface area contributed by atoms with E-state index in [0.29, 0.717) is 45.0 Å². The highest BCUT2D eigenvalue weighted by Crippen LogP contribution is 2.17. The molecule has 1 fully saturated rings. The number of hydrogen-bond acceptors (Lipinski definition) is 5. The molecule has 6 nitrogen and oxygen atoms in total. The number of aryl methyl sites for hydroxylation is 1. The van der Waals surface area contributed by atoms with Crippen molar-refractivity contribution in [3.05, 3.63) is 58.7 Å². The average Bonchev–Trinajstić information content (AvgIpc) is 3.38. The van der Waals surface area contributed by atoms with Gasteiger partial charge in [0.25, 0.3) is 5.91 Å². The minimum atomic E-state index is -0.233. The number of thiophene rings is 1. The molecule has 0 N–H and O–H groups in total. The lowest BCUT2D eigenvalue weighted by molar-refractivity contribution is -0.137. The van der Waals surface area contributed by atoms with Crippen LogP contribution in [0.15, 0.2) is 46.7 Å². The van der Waals surface area contributed by atoms with Gasteiger partial charge in [-0.3, -0.25) is 14.5 Å². The van der Waals surface area contributed by atoms with E-state index in [0.717, 1.165) is 10.6 Å². The van der Waals surface area contributed by atoms with Crippen molar-refractivity contribution in [2.75, 3.05) is 32.7 Å². The third-order valence-electron chi connectivity index (χ3n) is 5.05. The average molecular weight is 402 g/mol. The molecule has 7 heteroatoms. The topological polar surface area (TPSA) is 57.0 Å². The maximum absolute atomic E-state index is 13.0. The number of hydrogen-bond donors (Lipinski definition) is 0. The van der Waals surface area contributed by atoms with E-state index >= 15 is 0 Å². The van der Waals surface area contributed by atoms with Crippen LogP contribution in [0.1, 0.15) is 28.1 Å². The number of rotatable bonds is 7. The SMILES string of the molecule is C=CCN(Cc1cccs1)C(=O)C(C)N1CCN(C(=O)c2ccc(C)o2)CC1. The summed E-state index contributed by atoms with van der Waals surface area (Å²) in [6.45, 7) is 11.2. The second-order valence-corrected chi connectivity index (χ2v) is 8.03. The second kappa shape index (κ2) is 9.21. The lowest BCUT2D eigenvalue weighted by Gasteiger charge is -2.38. The van der Waals surface area contributed by atoms with Crippen molar-refractivity contribution in [3.8, 4) is 0 Å². The molecule has 0 aromatic carbocycles. The number of piperazine rings is 1. The highest BCUT2D eigenvalue weighted by Gasteiger charge is 2.30. The van der Waals surface area contributed by atoms with Crippen LogP contribution in [0.25, 0.3) is 0 Å². The van der Waals surface area contributed by atoms with Gasteiger partial charge in [-0.2, -0.15) is 0 Å². The first-order valence-electron chi connectivity index (χ1n) is 9.51. The van der Waals surface area contributed by atoms with Crippen LogP contribution in [0.4, 0.5) is 0 Å². The number of amides is 2. The monoisotopic (exact) mass is 401 g/mol. The highest BCUT2D eigenvalue weighted by atomic mass is 32.1. The molecule has 150 valence electrons. The fraction of sp³-hybridized carbons (Fsp3) is 0.429.